The first-order chi connectivity index (χ1) is 27.3. The van der Waals surface area contributed by atoms with Crippen molar-refractivity contribution in [1.29, 1.82) is 0 Å². The molecule has 0 radical (unpaired) electrons. The monoisotopic (exact) mass is 839 g/mol. The highest BCUT2D eigenvalue weighted by Crippen LogP contribution is 2.42. The first-order valence-corrected chi connectivity index (χ1v) is 22.6. The lowest BCUT2D eigenvalue weighted by Gasteiger charge is -2.30. The molecular weight excluding hydrogens is 749 g/mol. The number of hydrogen-bond acceptors (Lipinski definition) is 4. The van der Waals surface area contributed by atoms with Gasteiger partial charge in [-0.25, -0.2) is 0 Å². The molecule has 0 aliphatic carbocycles. The third kappa shape index (κ3) is 14.6. The number of hydrogen-bond donors (Lipinski definition) is 4. The molecule has 4 N–H and O–H groups in total. The SMILES string of the molecule is CCC(C)(C)c1cc(C)c(O)c(C(C)(C)CC)c1.Cc1cc(C(C)(C)C)c(O)c(C(C)(C)C)c1.Cc1cc(C(C)(C)C)c(O)c(C)c1C.Cc1cc(C)c(O)c(C(C)(C)C)c1. The van der Waals surface area contributed by atoms with Crippen molar-refractivity contribution in [2.24, 2.45) is 0 Å². The first kappa shape index (κ1) is 55.1. The van der Waals surface area contributed by atoms with Crippen LogP contribution in [0.4, 0.5) is 0 Å². The van der Waals surface area contributed by atoms with Crippen LogP contribution < -0.4 is 0 Å². The lowest BCUT2D eigenvalue weighted by molar-refractivity contribution is 0.421. The molecule has 342 valence electrons. The number of phenols is 4. The second kappa shape index (κ2) is 20.1. The molecule has 0 aliphatic rings. The molecule has 0 aliphatic heterocycles. The fourth-order valence-corrected chi connectivity index (χ4v) is 7.17. The van der Waals surface area contributed by atoms with E-state index in [0.29, 0.717) is 23.0 Å². The van der Waals surface area contributed by atoms with Crippen molar-refractivity contribution in [3.63, 3.8) is 0 Å². The average Bonchev–Trinajstić information content (AvgIpc) is 3.11. The third-order valence-corrected chi connectivity index (χ3v) is 12.6. The van der Waals surface area contributed by atoms with Gasteiger partial charge in [-0.05, 0) is 149 Å². The lowest BCUT2D eigenvalue weighted by Crippen LogP contribution is -2.20. The standard InChI is InChI=1S/C17H28O.C15H24O.C13H20O.C12H18O/c1-8-16(4,5)13-10-12(3)15(18)14(11-13)17(6,7)9-2;1-10-8-11(14(2,3)4)13(16)12(9-10)15(5,6)7;1-8-7-11(13(4,5)6)12(14)10(3)9(8)2;1-8-6-9(2)11(13)10(7-8)12(3,4)5/h10-11,18H,8-9H2,1-7H3;8-9,16H,1-7H3;7,14H,1-6H3;6-7,13H,1-5H3. The Bertz CT molecular complexity index is 2060. The number of benzene rings is 4. The van der Waals surface area contributed by atoms with E-state index in [1.54, 1.807) is 0 Å². The fourth-order valence-electron chi connectivity index (χ4n) is 7.17. The molecule has 0 aromatic heterocycles. The summed E-state index contributed by atoms with van der Waals surface area (Å²) in [4.78, 5) is 0. The Hall–Kier alpha value is -3.92. The van der Waals surface area contributed by atoms with Crippen molar-refractivity contribution in [3.05, 3.63) is 115 Å². The predicted octanol–water partition coefficient (Wildman–Crippen LogP) is 16.3. The van der Waals surface area contributed by atoms with Crippen molar-refractivity contribution < 1.29 is 20.4 Å². The van der Waals surface area contributed by atoms with E-state index in [9.17, 15) is 20.4 Å². The Morgan fingerprint density at radius 2 is 0.656 bits per heavy atom. The van der Waals surface area contributed by atoms with E-state index >= 15 is 0 Å². The van der Waals surface area contributed by atoms with Crippen LogP contribution >= 0.6 is 0 Å². The van der Waals surface area contributed by atoms with Gasteiger partial charge in [-0.1, -0.05) is 178 Å². The van der Waals surface area contributed by atoms with Crippen LogP contribution in [0.2, 0.25) is 0 Å². The smallest absolute Gasteiger partial charge is 0.123 e. The molecule has 4 rings (SSSR count). The number of aromatic hydroxyl groups is 4. The fraction of sp³-hybridized carbons (Fsp3) is 0.579. The minimum absolute atomic E-state index is 0.00725. The van der Waals surface area contributed by atoms with Gasteiger partial charge in [-0.15, -0.1) is 0 Å². The zero-order chi connectivity index (χ0) is 48.2. The molecule has 4 nitrogen and oxygen atoms in total. The van der Waals surface area contributed by atoms with Crippen LogP contribution in [0.25, 0.3) is 0 Å². The molecule has 0 fully saturated rings. The molecule has 0 unspecified atom stereocenters. The van der Waals surface area contributed by atoms with E-state index in [1.165, 1.54) is 27.8 Å². The molecule has 4 aromatic rings. The quantitative estimate of drug-likeness (QED) is 0.165. The topological polar surface area (TPSA) is 80.9 Å². The summed E-state index contributed by atoms with van der Waals surface area (Å²) in [6.45, 7) is 53.0. The molecule has 4 aromatic carbocycles. The Balaban J connectivity index is 0.000000410. The molecule has 0 atom stereocenters. The minimum Gasteiger partial charge on any atom is -0.507 e. The highest BCUT2D eigenvalue weighted by molar-refractivity contribution is 5.52. The van der Waals surface area contributed by atoms with Gasteiger partial charge in [0.15, 0.2) is 0 Å². The van der Waals surface area contributed by atoms with Crippen LogP contribution in [0, 0.1) is 48.5 Å². The summed E-state index contributed by atoms with van der Waals surface area (Å²) >= 11 is 0. The van der Waals surface area contributed by atoms with E-state index in [1.807, 2.05) is 26.8 Å². The third-order valence-electron chi connectivity index (χ3n) is 12.6. The van der Waals surface area contributed by atoms with Crippen molar-refractivity contribution in [3.8, 4) is 23.0 Å². The second-order valence-corrected chi connectivity index (χ2v) is 23.2. The van der Waals surface area contributed by atoms with Crippen LogP contribution in [-0.4, -0.2) is 20.4 Å². The zero-order valence-corrected chi connectivity index (χ0v) is 43.7. The predicted molar refractivity (Wildman–Crippen MR) is 267 cm³/mol. The summed E-state index contributed by atoms with van der Waals surface area (Å²) in [6.07, 6.45) is 2.12. The molecule has 0 amide bonds. The van der Waals surface area contributed by atoms with E-state index in [4.69, 9.17) is 0 Å². The van der Waals surface area contributed by atoms with Crippen molar-refractivity contribution in [1.82, 2.24) is 0 Å². The zero-order valence-electron chi connectivity index (χ0n) is 43.7. The van der Waals surface area contributed by atoms with Gasteiger partial charge in [0, 0.05) is 5.56 Å². The summed E-state index contributed by atoms with van der Waals surface area (Å²) in [7, 11) is 0. The van der Waals surface area contributed by atoms with Gasteiger partial charge < -0.3 is 20.4 Å². The van der Waals surface area contributed by atoms with Crippen molar-refractivity contribution in [2.75, 3.05) is 0 Å². The highest BCUT2D eigenvalue weighted by Gasteiger charge is 2.28. The van der Waals surface area contributed by atoms with Gasteiger partial charge in [-0.2, -0.15) is 0 Å². The van der Waals surface area contributed by atoms with Gasteiger partial charge in [-0.3, -0.25) is 0 Å². The lowest BCUT2D eigenvalue weighted by atomic mass is 9.75. The number of phenolic OH excluding ortho intramolecular Hbond substituents is 4. The maximum Gasteiger partial charge on any atom is 0.123 e. The Morgan fingerprint density at radius 1 is 0.328 bits per heavy atom. The summed E-state index contributed by atoms with van der Waals surface area (Å²) in [5.74, 6) is 1.84. The minimum atomic E-state index is -0.0178. The number of aryl methyl sites for hydroxylation is 5. The summed E-state index contributed by atoms with van der Waals surface area (Å²) in [5.41, 5.74) is 14.6. The summed E-state index contributed by atoms with van der Waals surface area (Å²) in [5, 5.41) is 40.6. The van der Waals surface area contributed by atoms with Crippen molar-refractivity contribution >= 4 is 0 Å². The van der Waals surface area contributed by atoms with Gasteiger partial charge in [0.1, 0.15) is 23.0 Å². The average molecular weight is 839 g/mol. The maximum atomic E-state index is 10.4. The summed E-state index contributed by atoms with van der Waals surface area (Å²) < 4.78 is 0. The Labute approximate surface area is 375 Å². The van der Waals surface area contributed by atoms with Crippen LogP contribution in [0.15, 0.2) is 42.5 Å². The van der Waals surface area contributed by atoms with E-state index in [2.05, 4.69) is 189 Å². The van der Waals surface area contributed by atoms with Gasteiger partial charge in [0.05, 0.1) is 0 Å². The molecule has 4 heteroatoms. The molecule has 0 bridgehead atoms. The van der Waals surface area contributed by atoms with Crippen molar-refractivity contribution in [2.45, 2.75) is 218 Å². The highest BCUT2D eigenvalue weighted by atomic mass is 16.3. The van der Waals surface area contributed by atoms with E-state index < -0.39 is 0 Å². The van der Waals surface area contributed by atoms with E-state index in [-0.39, 0.29) is 32.5 Å². The molecule has 0 heterocycles. The molecule has 0 saturated heterocycles. The maximum absolute atomic E-state index is 10.4. The van der Waals surface area contributed by atoms with E-state index in [0.717, 1.165) is 57.3 Å². The second-order valence-electron chi connectivity index (χ2n) is 23.2. The Kier molecular flexibility index (Phi) is 18.1. The largest absolute Gasteiger partial charge is 0.507 e. The van der Waals surface area contributed by atoms with Crippen LogP contribution in [0.3, 0.4) is 0 Å². The Morgan fingerprint density at radius 3 is 1.03 bits per heavy atom. The molecular formula is C57H90O4. The molecule has 0 saturated carbocycles. The number of rotatable bonds is 4. The molecule has 61 heavy (non-hydrogen) atoms. The van der Waals surface area contributed by atoms with Gasteiger partial charge in [0.2, 0.25) is 0 Å². The van der Waals surface area contributed by atoms with Gasteiger partial charge >= 0.3 is 0 Å². The first-order valence-electron chi connectivity index (χ1n) is 22.6. The molecule has 0 spiro atoms. The normalized spacial score (nSPS) is 12.4. The van der Waals surface area contributed by atoms with Crippen LogP contribution in [0.1, 0.15) is 210 Å². The van der Waals surface area contributed by atoms with Crippen LogP contribution in [-0.2, 0) is 32.5 Å². The van der Waals surface area contributed by atoms with Gasteiger partial charge in [0.25, 0.3) is 0 Å². The van der Waals surface area contributed by atoms with Crippen LogP contribution in [0.5, 0.6) is 23.0 Å². The summed E-state index contributed by atoms with van der Waals surface area (Å²) in [6, 6.07) is 14.7.